The molecule has 2 rings (SSSR count). The quantitative estimate of drug-likeness (QED) is 0.712. The van der Waals surface area contributed by atoms with Crippen LogP contribution in [0.25, 0.3) is 0 Å². The Kier molecular flexibility index (Phi) is 3.96. The molecule has 4 nitrogen and oxygen atoms in total. The Labute approximate surface area is 97.0 Å². The lowest BCUT2D eigenvalue weighted by atomic mass is 10.2. The summed E-state index contributed by atoms with van der Waals surface area (Å²) in [5, 5.41) is 7.59. The zero-order chi connectivity index (χ0) is 11.4. The number of aromatic nitrogens is 2. The molecule has 1 saturated carbocycles. The summed E-state index contributed by atoms with van der Waals surface area (Å²) in [6, 6.07) is 0.346. The maximum atomic E-state index is 5.57. The van der Waals surface area contributed by atoms with Gasteiger partial charge in [-0.1, -0.05) is 0 Å². The first-order valence-corrected chi connectivity index (χ1v) is 6.05. The van der Waals surface area contributed by atoms with Crippen molar-refractivity contribution >= 4 is 0 Å². The Morgan fingerprint density at radius 2 is 2.44 bits per heavy atom. The Balaban J connectivity index is 1.57. The molecule has 4 heteroatoms. The molecule has 0 radical (unpaired) electrons. The van der Waals surface area contributed by atoms with E-state index in [9.17, 15) is 0 Å². The highest BCUT2D eigenvalue weighted by molar-refractivity contribution is 5.08. The van der Waals surface area contributed by atoms with E-state index in [1.165, 1.54) is 18.4 Å². The Morgan fingerprint density at radius 1 is 1.62 bits per heavy atom. The average molecular weight is 223 g/mol. The van der Waals surface area contributed by atoms with Gasteiger partial charge in [-0.25, -0.2) is 0 Å². The molecule has 1 aromatic heterocycles. The highest BCUT2D eigenvalue weighted by Gasteiger charge is 2.20. The van der Waals surface area contributed by atoms with E-state index >= 15 is 0 Å². The van der Waals surface area contributed by atoms with Crippen LogP contribution in [0, 0.1) is 5.92 Å². The summed E-state index contributed by atoms with van der Waals surface area (Å²) in [5.41, 5.74) is 1.23. The predicted molar refractivity (Wildman–Crippen MR) is 63.2 cm³/mol. The van der Waals surface area contributed by atoms with Crippen molar-refractivity contribution in [1.82, 2.24) is 15.1 Å². The molecule has 90 valence electrons. The van der Waals surface area contributed by atoms with Crippen LogP contribution in [-0.4, -0.2) is 29.5 Å². The third-order valence-electron chi connectivity index (χ3n) is 2.97. The second-order valence-corrected chi connectivity index (χ2v) is 4.64. The third kappa shape index (κ3) is 3.61. The topological polar surface area (TPSA) is 39.1 Å². The van der Waals surface area contributed by atoms with E-state index in [0.29, 0.717) is 6.04 Å². The van der Waals surface area contributed by atoms with Crippen LogP contribution in [0.15, 0.2) is 12.4 Å². The molecule has 1 aromatic rings. The van der Waals surface area contributed by atoms with Crippen LogP contribution in [0.1, 0.15) is 31.4 Å². The highest BCUT2D eigenvalue weighted by Crippen LogP contribution is 2.28. The van der Waals surface area contributed by atoms with Gasteiger partial charge in [0.25, 0.3) is 0 Å². The van der Waals surface area contributed by atoms with Gasteiger partial charge in [-0.05, 0) is 25.7 Å². The molecule has 1 unspecified atom stereocenters. The van der Waals surface area contributed by atoms with Gasteiger partial charge in [0.1, 0.15) is 0 Å². The summed E-state index contributed by atoms with van der Waals surface area (Å²) in [7, 11) is 1.94. The Morgan fingerprint density at radius 3 is 3.06 bits per heavy atom. The summed E-state index contributed by atoms with van der Waals surface area (Å²) < 4.78 is 7.40. The fourth-order valence-electron chi connectivity index (χ4n) is 1.66. The fourth-order valence-corrected chi connectivity index (χ4v) is 1.66. The lowest BCUT2D eigenvalue weighted by Crippen LogP contribution is -2.23. The number of nitrogens with zero attached hydrogens (tertiary/aromatic N) is 2. The lowest BCUT2D eigenvalue weighted by molar-refractivity contribution is 0.124. The van der Waals surface area contributed by atoms with Gasteiger partial charge in [0.2, 0.25) is 0 Å². The molecule has 0 bridgehead atoms. The summed E-state index contributed by atoms with van der Waals surface area (Å²) in [4.78, 5) is 0. The molecular weight excluding hydrogens is 202 g/mol. The van der Waals surface area contributed by atoms with E-state index in [-0.39, 0.29) is 0 Å². The number of hydrogen-bond donors (Lipinski definition) is 1. The van der Waals surface area contributed by atoms with Crippen LogP contribution in [0.4, 0.5) is 0 Å². The fraction of sp³-hybridized carbons (Fsp3) is 0.750. The number of rotatable bonds is 7. The van der Waals surface area contributed by atoms with E-state index in [1.807, 2.05) is 24.1 Å². The van der Waals surface area contributed by atoms with Crippen LogP contribution in [0.3, 0.4) is 0 Å². The minimum absolute atomic E-state index is 0.346. The molecule has 0 spiro atoms. The standard InChI is InChI=1S/C12H21N3O/c1-10(12-7-14-15(2)8-12)13-5-6-16-9-11-3-4-11/h7-8,10-11,13H,3-6,9H2,1-2H3. The Hall–Kier alpha value is -0.870. The number of ether oxygens (including phenoxy) is 1. The molecule has 1 N–H and O–H groups in total. The number of nitrogens with one attached hydrogen (secondary N) is 1. The number of aryl methyl sites for hydroxylation is 1. The van der Waals surface area contributed by atoms with Crippen molar-refractivity contribution in [2.75, 3.05) is 19.8 Å². The van der Waals surface area contributed by atoms with Gasteiger partial charge in [-0.3, -0.25) is 4.68 Å². The van der Waals surface area contributed by atoms with Gasteiger partial charge in [0, 0.05) is 38.0 Å². The molecular formula is C12H21N3O. The van der Waals surface area contributed by atoms with Crippen LogP contribution >= 0.6 is 0 Å². The lowest BCUT2D eigenvalue weighted by Gasteiger charge is -2.11. The maximum absolute atomic E-state index is 5.57. The first-order chi connectivity index (χ1) is 7.75. The molecule has 1 heterocycles. The summed E-state index contributed by atoms with van der Waals surface area (Å²) >= 11 is 0. The van der Waals surface area contributed by atoms with Gasteiger partial charge in [-0.2, -0.15) is 5.10 Å². The van der Waals surface area contributed by atoms with Crippen LogP contribution < -0.4 is 5.32 Å². The van der Waals surface area contributed by atoms with Crippen LogP contribution in [-0.2, 0) is 11.8 Å². The summed E-state index contributed by atoms with van der Waals surface area (Å²) in [6.07, 6.45) is 6.67. The van der Waals surface area contributed by atoms with E-state index in [0.717, 1.165) is 25.7 Å². The second-order valence-electron chi connectivity index (χ2n) is 4.64. The predicted octanol–water partition coefficient (Wildman–Crippen LogP) is 1.50. The van der Waals surface area contributed by atoms with Crippen molar-refractivity contribution in [1.29, 1.82) is 0 Å². The molecule has 0 saturated heterocycles. The van der Waals surface area contributed by atoms with Crippen molar-refractivity contribution < 1.29 is 4.74 Å². The van der Waals surface area contributed by atoms with Crippen molar-refractivity contribution in [3.05, 3.63) is 18.0 Å². The SMILES string of the molecule is CC(NCCOCC1CC1)c1cnn(C)c1. The normalized spacial score (nSPS) is 17.6. The van der Waals surface area contributed by atoms with Crippen LogP contribution in [0.2, 0.25) is 0 Å². The minimum Gasteiger partial charge on any atom is -0.380 e. The van der Waals surface area contributed by atoms with Gasteiger partial charge in [0.15, 0.2) is 0 Å². The first-order valence-electron chi connectivity index (χ1n) is 6.05. The molecule has 0 aromatic carbocycles. The largest absolute Gasteiger partial charge is 0.380 e. The van der Waals surface area contributed by atoms with Crippen LogP contribution in [0.5, 0.6) is 0 Å². The molecule has 1 fully saturated rings. The van der Waals surface area contributed by atoms with Crippen molar-refractivity contribution in [2.24, 2.45) is 13.0 Å². The molecule has 1 aliphatic carbocycles. The molecule has 0 amide bonds. The Bertz CT molecular complexity index is 320. The van der Waals surface area contributed by atoms with E-state index in [2.05, 4.69) is 17.3 Å². The summed E-state index contributed by atoms with van der Waals surface area (Å²) in [5.74, 6) is 0.857. The van der Waals surface area contributed by atoms with Crippen molar-refractivity contribution in [3.8, 4) is 0 Å². The van der Waals surface area contributed by atoms with E-state index < -0.39 is 0 Å². The van der Waals surface area contributed by atoms with Crippen molar-refractivity contribution in [3.63, 3.8) is 0 Å². The van der Waals surface area contributed by atoms with Gasteiger partial charge in [0.05, 0.1) is 12.8 Å². The van der Waals surface area contributed by atoms with E-state index in [1.54, 1.807) is 0 Å². The van der Waals surface area contributed by atoms with Gasteiger partial charge < -0.3 is 10.1 Å². The second kappa shape index (κ2) is 5.46. The molecule has 1 atom stereocenters. The van der Waals surface area contributed by atoms with Gasteiger partial charge >= 0.3 is 0 Å². The summed E-state index contributed by atoms with van der Waals surface area (Å²) in [6.45, 7) is 4.81. The highest BCUT2D eigenvalue weighted by atomic mass is 16.5. The zero-order valence-electron chi connectivity index (χ0n) is 10.1. The smallest absolute Gasteiger partial charge is 0.0591 e. The maximum Gasteiger partial charge on any atom is 0.0591 e. The average Bonchev–Trinajstić information content (AvgIpc) is 2.99. The number of hydrogen-bond acceptors (Lipinski definition) is 3. The third-order valence-corrected chi connectivity index (χ3v) is 2.97. The molecule has 16 heavy (non-hydrogen) atoms. The molecule has 0 aliphatic heterocycles. The first kappa shape index (κ1) is 11.6. The zero-order valence-corrected chi connectivity index (χ0v) is 10.1. The minimum atomic E-state index is 0.346. The van der Waals surface area contributed by atoms with Gasteiger partial charge in [-0.15, -0.1) is 0 Å². The van der Waals surface area contributed by atoms with E-state index in [4.69, 9.17) is 4.74 Å². The molecule has 1 aliphatic rings. The monoisotopic (exact) mass is 223 g/mol. The van der Waals surface area contributed by atoms with Crippen molar-refractivity contribution in [2.45, 2.75) is 25.8 Å².